The van der Waals surface area contributed by atoms with Gasteiger partial charge in [0.15, 0.2) is 11.5 Å². The highest BCUT2D eigenvalue weighted by molar-refractivity contribution is 6.33. The summed E-state index contributed by atoms with van der Waals surface area (Å²) < 4.78 is 41.9. The fraction of sp³-hybridized carbons (Fsp3) is 0.500. The van der Waals surface area contributed by atoms with Crippen LogP contribution in [-0.2, 0) is 26.2 Å². The Labute approximate surface area is 240 Å². The number of hydrogen-bond acceptors (Lipinski definition) is 7. The second-order valence-corrected chi connectivity index (χ2v) is 12.2. The maximum absolute atomic E-state index is 13.6. The number of aliphatic hydroxyl groups is 1. The number of aromatic amines is 1. The van der Waals surface area contributed by atoms with Crippen molar-refractivity contribution >= 4 is 34.1 Å². The molecule has 9 nitrogen and oxygen atoms in total. The van der Waals surface area contributed by atoms with E-state index in [2.05, 4.69) is 20.2 Å². The molecule has 0 bridgehead atoms. The summed E-state index contributed by atoms with van der Waals surface area (Å²) >= 11 is 6.28. The molecule has 4 aromatic rings. The summed E-state index contributed by atoms with van der Waals surface area (Å²) in [6.07, 6.45) is -4.05. The summed E-state index contributed by atoms with van der Waals surface area (Å²) in [7, 11) is 1.47. The fourth-order valence-corrected chi connectivity index (χ4v) is 6.53. The number of hydrogen-bond donors (Lipinski definition) is 2. The van der Waals surface area contributed by atoms with Crippen LogP contribution in [0.25, 0.3) is 22.3 Å². The minimum atomic E-state index is -4.66. The molecule has 218 valence electrons. The first-order valence-corrected chi connectivity index (χ1v) is 14.0. The van der Waals surface area contributed by atoms with Gasteiger partial charge in [0.25, 0.3) is 0 Å². The van der Waals surface area contributed by atoms with Gasteiger partial charge in [0, 0.05) is 67.3 Å². The zero-order valence-electron chi connectivity index (χ0n) is 23.6. The molecular weight excluding hydrogens is 557 g/mol. The van der Waals surface area contributed by atoms with E-state index in [1.165, 1.54) is 11.7 Å². The maximum atomic E-state index is 13.6. The van der Waals surface area contributed by atoms with E-state index in [1.54, 1.807) is 0 Å². The average molecular weight is 589 g/mol. The van der Waals surface area contributed by atoms with Crippen molar-refractivity contribution in [2.75, 3.05) is 29.4 Å². The molecule has 1 fully saturated rings. The quantitative estimate of drug-likeness (QED) is 0.339. The van der Waals surface area contributed by atoms with Crippen molar-refractivity contribution in [3.05, 3.63) is 45.4 Å². The van der Waals surface area contributed by atoms with E-state index >= 15 is 0 Å². The molecular formula is C28H32ClF3N8O. The molecule has 5 heterocycles. The molecule has 0 saturated carbocycles. The van der Waals surface area contributed by atoms with Gasteiger partial charge in [-0.1, -0.05) is 31.5 Å². The number of nitrogens with one attached hydrogen (secondary N) is 1. The monoisotopic (exact) mass is 588 g/mol. The van der Waals surface area contributed by atoms with Crippen LogP contribution in [0.2, 0.25) is 5.02 Å². The number of aryl methyl sites for hydroxylation is 3. The highest BCUT2D eigenvalue weighted by atomic mass is 35.5. The van der Waals surface area contributed by atoms with Crippen molar-refractivity contribution in [2.45, 2.75) is 59.4 Å². The van der Waals surface area contributed by atoms with E-state index in [4.69, 9.17) is 21.6 Å². The lowest BCUT2D eigenvalue weighted by molar-refractivity contribution is -0.141. The normalized spacial score (nSPS) is 19.2. The van der Waals surface area contributed by atoms with Crippen molar-refractivity contribution in [1.29, 1.82) is 0 Å². The van der Waals surface area contributed by atoms with E-state index in [0.717, 1.165) is 44.8 Å². The summed E-state index contributed by atoms with van der Waals surface area (Å²) in [6.45, 7) is 9.89. The van der Waals surface area contributed by atoms with Gasteiger partial charge >= 0.3 is 6.18 Å². The van der Waals surface area contributed by atoms with Crippen molar-refractivity contribution in [2.24, 2.45) is 12.5 Å². The number of anilines is 2. The van der Waals surface area contributed by atoms with Crippen molar-refractivity contribution in [3.8, 4) is 11.4 Å². The van der Waals surface area contributed by atoms with Crippen LogP contribution in [0.4, 0.5) is 24.8 Å². The fourth-order valence-electron chi connectivity index (χ4n) is 6.15. The Balaban J connectivity index is 1.50. The molecule has 41 heavy (non-hydrogen) atoms. The van der Waals surface area contributed by atoms with Gasteiger partial charge in [0.1, 0.15) is 16.7 Å². The summed E-state index contributed by atoms with van der Waals surface area (Å²) in [5, 5.41) is 22.4. The van der Waals surface area contributed by atoms with E-state index in [0.29, 0.717) is 38.3 Å². The van der Waals surface area contributed by atoms with Crippen LogP contribution in [0.5, 0.6) is 0 Å². The zero-order chi connectivity index (χ0) is 29.4. The second-order valence-electron chi connectivity index (χ2n) is 11.8. The molecule has 2 N–H and O–H groups in total. The van der Waals surface area contributed by atoms with Gasteiger partial charge in [-0.3, -0.25) is 9.78 Å². The third kappa shape index (κ3) is 4.61. The Hall–Kier alpha value is -3.38. The number of nitrogens with zero attached hydrogens (tertiary/aromatic N) is 7. The van der Waals surface area contributed by atoms with E-state index in [1.807, 2.05) is 44.7 Å². The number of alkyl halides is 3. The van der Waals surface area contributed by atoms with Crippen LogP contribution in [0.1, 0.15) is 48.5 Å². The first-order valence-electron chi connectivity index (χ1n) is 13.6. The molecule has 0 spiro atoms. The minimum Gasteiger partial charge on any atom is -0.392 e. The Bertz CT molecular complexity index is 1660. The van der Waals surface area contributed by atoms with Crippen LogP contribution in [0.3, 0.4) is 0 Å². The lowest BCUT2D eigenvalue weighted by Gasteiger charge is -2.43. The molecule has 6 rings (SSSR count). The van der Waals surface area contributed by atoms with Gasteiger partial charge in [-0.25, -0.2) is 9.97 Å². The molecule has 13 heteroatoms. The van der Waals surface area contributed by atoms with E-state index in [9.17, 15) is 18.3 Å². The molecule has 1 aromatic carbocycles. The largest absolute Gasteiger partial charge is 0.436 e. The average Bonchev–Trinajstić information content (AvgIpc) is 3.43. The minimum absolute atomic E-state index is 0.212. The number of halogens is 4. The van der Waals surface area contributed by atoms with Gasteiger partial charge < -0.3 is 14.9 Å². The van der Waals surface area contributed by atoms with Crippen LogP contribution in [-0.4, -0.2) is 60.8 Å². The third-order valence-electron chi connectivity index (χ3n) is 8.37. The Morgan fingerprint density at radius 2 is 1.88 bits per heavy atom. The standard InChI is InChI=1S/C28H32ClF3N8O/c1-14-6-7-18-21(15(2)35-36-18)20(14)24-33-17-8-10-39(26-22(29)23(28(30,31)32)37-38(26)5)12-16(17)25(34-24)40-11-9-19(41)27(3,4)13-40/h6-7,19,41H,8-13H2,1-5H3,(H,35,36)/t19-/m1/s1. The topological polar surface area (TPSA) is 99.0 Å². The van der Waals surface area contributed by atoms with Gasteiger partial charge in [-0.2, -0.15) is 23.4 Å². The van der Waals surface area contributed by atoms with Gasteiger partial charge in [-0.15, -0.1) is 0 Å². The molecule has 0 unspecified atom stereocenters. The maximum Gasteiger partial charge on any atom is 0.436 e. The van der Waals surface area contributed by atoms with Crippen molar-refractivity contribution in [1.82, 2.24) is 29.9 Å². The molecule has 1 saturated heterocycles. The van der Waals surface area contributed by atoms with Gasteiger partial charge in [-0.05, 0) is 31.9 Å². The molecule has 2 aliphatic heterocycles. The third-order valence-corrected chi connectivity index (χ3v) is 8.72. The van der Waals surface area contributed by atoms with Crippen molar-refractivity contribution in [3.63, 3.8) is 0 Å². The van der Waals surface area contributed by atoms with Gasteiger partial charge in [0.2, 0.25) is 0 Å². The predicted molar refractivity (Wildman–Crippen MR) is 151 cm³/mol. The van der Waals surface area contributed by atoms with Crippen molar-refractivity contribution < 1.29 is 18.3 Å². The molecule has 0 amide bonds. The Morgan fingerprint density at radius 1 is 1.12 bits per heavy atom. The molecule has 2 aliphatic rings. The molecule has 0 radical (unpaired) electrons. The first kappa shape index (κ1) is 27.8. The van der Waals surface area contributed by atoms with E-state index < -0.39 is 23.0 Å². The van der Waals surface area contributed by atoms with Crippen LogP contribution >= 0.6 is 11.6 Å². The van der Waals surface area contributed by atoms with Crippen LogP contribution < -0.4 is 9.80 Å². The molecule has 3 aromatic heterocycles. The number of H-pyrrole nitrogens is 1. The highest BCUT2D eigenvalue weighted by Crippen LogP contribution is 2.42. The number of piperidine rings is 1. The lowest BCUT2D eigenvalue weighted by atomic mass is 9.81. The smallest absolute Gasteiger partial charge is 0.392 e. The number of aliphatic hydroxyl groups excluding tert-OH is 1. The Morgan fingerprint density at radius 3 is 2.56 bits per heavy atom. The lowest BCUT2D eigenvalue weighted by Crippen LogP contribution is -2.49. The first-order chi connectivity index (χ1) is 19.3. The number of fused-ring (bicyclic) bond motifs is 2. The number of benzene rings is 1. The van der Waals surface area contributed by atoms with E-state index in [-0.39, 0.29) is 17.8 Å². The number of aromatic nitrogens is 6. The SMILES string of the molecule is Cc1ccc2n[nH]c(C)c2c1-c1nc2c(c(N3CC[C@@H](O)C(C)(C)C3)n1)CN(c1c(Cl)c(C(F)(F)F)nn1C)CC2. The second kappa shape index (κ2) is 9.59. The highest BCUT2D eigenvalue weighted by Gasteiger charge is 2.41. The van der Waals surface area contributed by atoms with Crippen LogP contribution in [0, 0.1) is 19.3 Å². The zero-order valence-corrected chi connectivity index (χ0v) is 24.3. The summed E-state index contributed by atoms with van der Waals surface area (Å²) in [6, 6.07) is 3.97. The van der Waals surface area contributed by atoms with Crippen LogP contribution in [0.15, 0.2) is 12.1 Å². The predicted octanol–water partition coefficient (Wildman–Crippen LogP) is 5.20. The Kier molecular flexibility index (Phi) is 6.49. The number of rotatable bonds is 3. The van der Waals surface area contributed by atoms with Gasteiger partial charge in [0.05, 0.1) is 17.3 Å². The summed E-state index contributed by atoms with van der Waals surface area (Å²) in [4.78, 5) is 14.2. The summed E-state index contributed by atoms with van der Waals surface area (Å²) in [5.41, 5.74) is 3.87. The molecule has 1 atom stereocenters. The molecule has 0 aliphatic carbocycles. The summed E-state index contributed by atoms with van der Waals surface area (Å²) in [5.74, 6) is 1.52.